The van der Waals surface area contributed by atoms with Crippen molar-refractivity contribution in [2.45, 2.75) is 91.3 Å². The smallest absolute Gasteiger partial charge is 0.306 e. The van der Waals surface area contributed by atoms with Crippen LogP contribution in [0.3, 0.4) is 0 Å². The fourth-order valence-electron chi connectivity index (χ4n) is 3.13. The van der Waals surface area contributed by atoms with E-state index < -0.39 is 11.7 Å². The Labute approximate surface area is 148 Å². The summed E-state index contributed by atoms with van der Waals surface area (Å²) < 4.78 is 5.25. The summed E-state index contributed by atoms with van der Waals surface area (Å²) >= 11 is 0. The minimum absolute atomic E-state index is 0.210. The van der Waals surface area contributed by atoms with Gasteiger partial charge in [0.1, 0.15) is 11.7 Å². The Hall–Kier alpha value is -1.09. The van der Waals surface area contributed by atoms with E-state index in [1.165, 1.54) is 18.4 Å². The highest BCUT2D eigenvalue weighted by Crippen LogP contribution is 2.30. The Morgan fingerprint density at radius 3 is 2.58 bits per heavy atom. The van der Waals surface area contributed by atoms with Gasteiger partial charge in [-0.05, 0) is 57.8 Å². The van der Waals surface area contributed by atoms with Crippen LogP contribution in [0, 0.1) is 11.8 Å². The van der Waals surface area contributed by atoms with Crippen molar-refractivity contribution >= 4 is 5.97 Å². The van der Waals surface area contributed by atoms with E-state index in [2.05, 4.69) is 33.8 Å². The van der Waals surface area contributed by atoms with Crippen LogP contribution in [0.5, 0.6) is 0 Å². The predicted molar refractivity (Wildman–Crippen MR) is 99.7 cm³/mol. The van der Waals surface area contributed by atoms with Gasteiger partial charge >= 0.3 is 5.97 Å². The molecule has 0 bridgehead atoms. The number of aliphatic hydroxyl groups excluding tert-OH is 1. The van der Waals surface area contributed by atoms with Gasteiger partial charge in [-0.15, -0.1) is 0 Å². The molecular formula is C21H36O3. The highest BCUT2D eigenvalue weighted by molar-refractivity contribution is 5.72. The molecule has 0 radical (unpaired) electrons. The number of hydrogen-bond acceptors (Lipinski definition) is 3. The molecule has 3 atom stereocenters. The molecule has 3 heteroatoms. The standard InChI is InChI=1S/C21H36O3/c1-16(2)9-8-11-18(4)15-17(3)10-6-7-12-19(22)21(5)14-13-20(23)24-21/h7,11-12,16-17,19,22H,6,8-10,13-15H2,1-5H3/b12-7+,18-11+/t17-,19+,21-/m0/s1. The minimum atomic E-state index is -0.741. The minimum Gasteiger partial charge on any atom is -0.456 e. The Balaban J connectivity index is 2.27. The summed E-state index contributed by atoms with van der Waals surface area (Å²) in [6.45, 7) is 10.8. The molecule has 0 saturated carbocycles. The maximum absolute atomic E-state index is 11.2. The van der Waals surface area contributed by atoms with E-state index in [4.69, 9.17) is 4.74 Å². The zero-order valence-corrected chi connectivity index (χ0v) is 16.2. The van der Waals surface area contributed by atoms with Gasteiger partial charge in [-0.3, -0.25) is 4.79 Å². The maximum atomic E-state index is 11.2. The molecule has 0 aromatic rings. The average molecular weight is 337 g/mol. The Morgan fingerprint density at radius 1 is 1.29 bits per heavy atom. The summed E-state index contributed by atoms with van der Waals surface area (Å²) in [6.07, 6.45) is 12.1. The van der Waals surface area contributed by atoms with Gasteiger partial charge in [-0.2, -0.15) is 0 Å². The summed E-state index contributed by atoms with van der Waals surface area (Å²) in [5.74, 6) is 1.20. The van der Waals surface area contributed by atoms with Gasteiger partial charge in [0.25, 0.3) is 0 Å². The van der Waals surface area contributed by atoms with Crippen molar-refractivity contribution in [2.24, 2.45) is 11.8 Å². The highest BCUT2D eigenvalue weighted by Gasteiger charge is 2.40. The molecule has 0 unspecified atom stereocenters. The molecule has 3 nitrogen and oxygen atoms in total. The molecule has 24 heavy (non-hydrogen) atoms. The zero-order valence-electron chi connectivity index (χ0n) is 16.2. The van der Waals surface area contributed by atoms with Gasteiger partial charge in [-0.1, -0.05) is 44.6 Å². The molecule has 1 aliphatic rings. The van der Waals surface area contributed by atoms with Crippen LogP contribution in [-0.2, 0) is 9.53 Å². The number of rotatable bonds is 10. The predicted octanol–water partition coefficient (Wildman–Crippen LogP) is 5.19. The first-order chi connectivity index (χ1) is 11.2. The number of carbonyl (C=O) groups excluding carboxylic acids is 1. The van der Waals surface area contributed by atoms with E-state index in [1.54, 1.807) is 13.0 Å². The molecule has 138 valence electrons. The molecule has 1 rings (SSSR count). The van der Waals surface area contributed by atoms with Gasteiger partial charge in [0, 0.05) is 12.8 Å². The van der Waals surface area contributed by atoms with E-state index in [1.807, 2.05) is 6.08 Å². The van der Waals surface area contributed by atoms with Crippen LogP contribution in [0.2, 0.25) is 0 Å². The summed E-state index contributed by atoms with van der Waals surface area (Å²) in [6, 6.07) is 0. The fourth-order valence-corrected chi connectivity index (χ4v) is 3.13. The molecule has 0 spiro atoms. The van der Waals surface area contributed by atoms with Crippen molar-refractivity contribution in [1.82, 2.24) is 0 Å². The van der Waals surface area contributed by atoms with Crippen LogP contribution >= 0.6 is 0 Å². The Morgan fingerprint density at radius 2 is 2.00 bits per heavy atom. The summed E-state index contributed by atoms with van der Waals surface area (Å²) in [5.41, 5.74) is 0.743. The maximum Gasteiger partial charge on any atom is 0.306 e. The normalized spacial score (nSPS) is 24.6. The lowest BCUT2D eigenvalue weighted by Crippen LogP contribution is -2.37. The van der Waals surface area contributed by atoms with Crippen LogP contribution < -0.4 is 0 Å². The van der Waals surface area contributed by atoms with Crippen molar-refractivity contribution in [3.8, 4) is 0 Å². The molecule has 0 amide bonds. The van der Waals surface area contributed by atoms with E-state index >= 15 is 0 Å². The van der Waals surface area contributed by atoms with Crippen molar-refractivity contribution in [1.29, 1.82) is 0 Å². The van der Waals surface area contributed by atoms with Crippen molar-refractivity contribution in [3.63, 3.8) is 0 Å². The molecular weight excluding hydrogens is 300 g/mol. The third kappa shape index (κ3) is 7.65. The van der Waals surface area contributed by atoms with Crippen LogP contribution in [0.15, 0.2) is 23.8 Å². The zero-order chi connectivity index (χ0) is 18.2. The summed E-state index contributed by atoms with van der Waals surface area (Å²) in [5, 5.41) is 10.2. The van der Waals surface area contributed by atoms with Gasteiger partial charge in [0.05, 0.1) is 0 Å². The molecule has 1 aliphatic heterocycles. The largest absolute Gasteiger partial charge is 0.456 e. The first-order valence-corrected chi connectivity index (χ1v) is 9.45. The molecule has 0 aromatic heterocycles. The van der Waals surface area contributed by atoms with E-state index in [0.717, 1.165) is 25.2 Å². The number of allylic oxidation sites excluding steroid dienone is 3. The number of cyclic esters (lactones) is 1. The first-order valence-electron chi connectivity index (χ1n) is 9.45. The number of hydrogen-bond donors (Lipinski definition) is 1. The Kier molecular flexibility index (Phi) is 8.75. The molecule has 0 aromatic carbocycles. The van der Waals surface area contributed by atoms with Gasteiger partial charge in [0.2, 0.25) is 0 Å². The molecule has 0 aliphatic carbocycles. The van der Waals surface area contributed by atoms with Crippen LogP contribution in [0.1, 0.15) is 79.6 Å². The second-order valence-corrected chi connectivity index (χ2v) is 8.07. The van der Waals surface area contributed by atoms with Crippen LogP contribution in [-0.4, -0.2) is 22.8 Å². The van der Waals surface area contributed by atoms with E-state index in [9.17, 15) is 9.90 Å². The molecule has 1 heterocycles. The lowest BCUT2D eigenvalue weighted by molar-refractivity contribution is -0.153. The van der Waals surface area contributed by atoms with Crippen molar-refractivity contribution in [3.05, 3.63) is 23.8 Å². The van der Waals surface area contributed by atoms with Gasteiger partial charge in [-0.25, -0.2) is 0 Å². The lowest BCUT2D eigenvalue weighted by atomic mass is 9.93. The summed E-state index contributed by atoms with van der Waals surface area (Å²) in [7, 11) is 0. The number of carbonyl (C=O) groups is 1. The fraction of sp³-hybridized carbons (Fsp3) is 0.762. The monoisotopic (exact) mass is 336 g/mol. The third-order valence-electron chi connectivity index (χ3n) is 4.85. The molecule has 1 N–H and O–H groups in total. The highest BCUT2D eigenvalue weighted by atomic mass is 16.6. The van der Waals surface area contributed by atoms with Gasteiger partial charge < -0.3 is 9.84 Å². The average Bonchev–Trinajstić information content (AvgIpc) is 2.83. The number of esters is 1. The van der Waals surface area contributed by atoms with E-state index in [0.29, 0.717) is 18.8 Å². The number of aliphatic hydroxyl groups is 1. The molecule has 1 saturated heterocycles. The second-order valence-electron chi connectivity index (χ2n) is 8.07. The van der Waals surface area contributed by atoms with Crippen LogP contribution in [0.25, 0.3) is 0 Å². The lowest BCUT2D eigenvalue weighted by Gasteiger charge is -2.26. The topological polar surface area (TPSA) is 46.5 Å². The third-order valence-corrected chi connectivity index (χ3v) is 4.85. The summed E-state index contributed by atoms with van der Waals surface area (Å²) in [4.78, 5) is 11.2. The van der Waals surface area contributed by atoms with E-state index in [-0.39, 0.29) is 5.97 Å². The Bertz CT molecular complexity index is 450. The van der Waals surface area contributed by atoms with Crippen molar-refractivity contribution in [2.75, 3.05) is 0 Å². The quantitative estimate of drug-likeness (QED) is 0.441. The van der Waals surface area contributed by atoms with Crippen LogP contribution in [0.4, 0.5) is 0 Å². The molecule has 1 fully saturated rings. The SMILES string of the molecule is C/C(=C\CCC(C)C)C[C@@H](C)CC/C=C/[C@@H](O)[C@]1(C)CCC(=O)O1. The van der Waals surface area contributed by atoms with Crippen molar-refractivity contribution < 1.29 is 14.6 Å². The van der Waals surface area contributed by atoms with Gasteiger partial charge in [0.15, 0.2) is 0 Å². The first kappa shape index (κ1) is 21.0. The second kappa shape index (κ2) is 10.0. The number of ether oxygens (including phenoxy) is 1.